The monoisotopic (exact) mass is 256 g/mol. The van der Waals surface area contributed by atoms with E-state index >= 15 is 0 Å². The van der Waals surface area contributed by atoms with Gasteiger partial charge in [0, 0.05) is 26.1 Å². The average molecular weight is 256 g/mol. The number of hydrogen-bond donors (Lipinski definition) is 1. The molecule has 4 nitrogen and oxygen atoms in total. The number of thiazole rings is 1. The van der Waals surface area contributed by atoms with Crippen molar-refractivity contribution in [1.82, 2.24) is 4.98 Å². The number of hydrogen-bond acceptors (Lipinski definition) is 5. The van der Waals surface area contributed by atoms with Crippen molar-refractivity contribution in [3.63, 3.8) is 0 Å². The molecule has 1 saturated carbocycles. The zero-order chi connectivity index (χ0) is 12.3. The highest BCUT2D eigenvalue weighted by atomic mass is 32.1. The molecule has 0 atom stereocenters. The van der Waals surface area contributed by atoms with Crippen molar-refractivity contribution in [2.24, 2.45) is 0 Å². The molecule has 1 heterocycles. The first kappa shape index (κ1) is 12.8. The standard InChI is InChI=1S/C12H20N2O2S/c1-3-16-7-6-14(2)12-13-11(9-4-5-9)10(8-15)17-12/h9,15H,3-8H2,1-2H3. The van der Waals surface area contributed by atoms with Gasteiger partial charge in [0.15, 0.2) is 5.13 Å². The molecule has 1 aromatic heterocycles. The van der Waals surface area contributed by atoms with Gasteiger partial charge in [0.05, 0.1) is 23.8 Å². The third kappa shape index (κ3) is 3.18. The largest absolute Gasteiger partial charge is 0.391 e. The number of ether oxygens (including phenoxy) is 1. The van der Waals surface area contributed by atoms with Gasteiger partial charge in [-0.05, 0) is 19.8 Å². The average Bonchev–Trinajstić information content (AvgIpc) is 3.08. The first-order valence-corrected chi connectivity index (χ1v) is 6.97. The Bertz CT molecular complexity index is 363. The number of aliphatic hydroxyl groups excluding tert-OH is 1. The highest BCUT2D eigenvalue weighted by molar-refractivity contribution is 7.15. The summed E-state index contributed by atoms with van der Waals surface area (Å²) in [6.07, 6.45) is 2.44. The topological polar surface area (TPSA) is 45.6 Å². The van der Waals surface area contributed by atoms with Crippen molar-refractivity contribution < 1.29 is 9.84 Å². The van der Waals surface area contributed by atoms with Crippen LogP contribution >= 0.6 is 11.3 Å². The zero-order valence-electron chi connectivity index (χ0n) is 10.5. The van der Waals surface area contributed by atoms with Crippen LogP contribution in [0.5, 0.6) is 0 Å². The van der Waals surface area contributed by atoms with E-state index in [1.54, 1.807) is 11.3 Å². The third-order valence-electron chi connectivity index (χ3n) is 2.93. The molecule has 1 aliphatic rings. The molecule has 0 spiro atoms. The second kappa shape index (κ2) is 5.80. The van der Waals surface area contributed by atoms with Crippen LogP contribution in [-0.2, 0) is 11.3 Å². The number of anilines is 1. The summed E-state index contributed by atoms with van der Waals surface area (Å²) in [6, 6.07) is 0. The van der Waals surface area contributed by atoms with E-state index in [1.165, 1.54) is 12.8 Å². The fourth-order valence-corrected chi connectivity index (χ4v) is 2.74. The Morgan fingerprint density at radius 2 is 2.29 bits per heavy atom. The van der Waals surface area contributed by atoms with Gasteiger partial charge in [0.1, 0.15) is 0 Å². The van der Waals surface area contributed by atoms with E-state index in [-0.39, 0.29) is 6.61 Å². The molecule has 0 aliphatic heterocycles. The summed E-state index contributed by atoms with van der Waals surface area (Å²) in [5.41, 5.74) is 1.12. The first-order valence-electron chi connectivity index (χ1n) is 6.15. The van der Waals surface area contributed by atoms with Crippen molar-refractivity contribution in [3.05, 3.63) is 10.6 Å². The van der Waals surface area contributed by atoms with Crippen LogP contribution in [-0.4, -0.2) is 36.9 Å². The molecule has 1 aliphatic carbocycles. The Balaban J connectivity index is 1.99. The molecule has 96 valence electrons. The van der Waals surface area contributed by atoms with Gasteiger partial charge in [-0.3, -0.25) is 0 Å². The van der Waals surface area contributed by atoms with E-state index < -0.39 is 0 Å². The maximum Gasteiger partial charge on any atom is 0.185 e. The summed E-state index contributed by atoms with van der Waals surface area (Å²) < 4.78 is 5.33. The highest BCUT2D eigenvalue weighted by Gasteiger charge is 2.29. The highest BCUT2D eigenvalue weighted by Crippen LogP contribution is 2.44. The van der Waals surface area contributed by atoms with Gasteiger partial charge in [-0.25, -0.2) is 4.98 Å². The molecule has 0 amide bonds. The van der Waals surface area contributed by atoms with E-state index in [4.69, 9.17) is 4.74 Å². The van der Waals surface area contributed by atoms with Crippen LogP contribution in [0.4, 0.5) is 5.13 Å². The lowest BCUT2D eigenvalue weighted by Gasteiger charge is -2.14. The van der Waals surface area contributed by atoms with Crippen LogP contribution in [0.25, 0.3) is 0 Å². The Morgan fingerprint density at radius 3 is 2.88 bits per heavy atom. The van der Waals surface area contributed by atoms with Crippen molar-refractivity contribution in [1.29, 1.82) is 0 Å². The lowest BCUT2D eigenvalue weighted by atomic mass is 10.2. The summed E-state index contributed by atoms with van der Waals surface area (Å²) in [6.45, 7) is 4.43. The maximum absolute atomic E-state index is 9.33. The summed E-state index contributed by atoms with van der Waals surface area (Å²) >= 11 is 1.60. The molecule has 0 radical (unpaired) electrons. The normalized spacial score (nSPS) is 15.2. The molecule has 5 heteroatoms. The van der Waals surface area contributed by atoms with Crippen molar-refractivity contribution >= 4 is 16.5 Å². The Hall–Kier alpha value is -0.650. The van der Waals surface area contributed by atoms with Crippen molar-refractivity contribution in [3.8, 4) is 0 Å². The number of nitrogens with zero attached hydrogens (tertiary/aromatic N) is 2. The molecule has 0 saturated heterocycles. The van der Waals surface area contributed by atoms with E-state index in [2.05, 4.69) is 9.88 Å². The minimum Gasteiger partial charge on any atom is -0.391 e. The van der Waals surface area contributed by atoms with Gasteiger partial charge in [-0.2, -0.15) is 0 Å². The van der Waals surface area contributed by atoms with E-state index in [0.29, 0.717) is 5.92 Å². The molecule has 1 aromatic rings. The van der Waals surface area contributed by atoms with E-state index in [0.717, 1.165) is 35.5 Å². The molecular weight excluding hydrogens is 236 g/mol. The molecule has 0 unspecified atom stereocenters. The number of aromatic nitrogens is 1. The van der Waals surface area contributed by atoms with Crippen LogP contribution in [0, 0.1) is 0 Å². The molecule has 1 N–H and O–H groups in total. The smallest absolute Gasteiger partial charge is 0.185 e. The van der Waals surface area contributed by atoms with Gasteiger partial charge in [-0.15, -0.1) is 0 Å². The third-order valence-corrected chi connectivity index (χ3v) is 4.10. The molecule has 2 rings (SSSR count). The van der Waals surface area contributed by atoms with Crippen LogP contribution in [0.2, 0.25) is 0 Å². The van der Waals surface area contributed by atoms with E-state index in [9.17, 15) is 5.11 Å². The molecule has 1 fully saturated rings. The second-order valence-corrected chi connectivity index (χ2v) is 5.42. The van der Waals surface area contributed by atoms with E-state index in [1.807, 2.05) is 14.0 Å². The van der Waals surface area contributed by atoms with Crippen LogP contribution in [0.1, 0.15) is 36.3 Å². The first-order chi connectivity index (χ1) is 8.26. The van der Waals surface area contributed by atoms with Gasteiger partial charge >= 0.3 is 0 Å². The lowest BCUT2D eigenvalue weighted by Crippen LogP contribution is -2.22. The number of likely N-dealkylation sites (N-methyl/N-ethyl adjacent to an activating group) is 1. The Kier molecular flexibility index (Phi) is 4.36. The zero-order valence-corrected chi connectivity index (χ0v) is 11.3. The maximum atomic E-state index is 9.33. The lowest BCUT2D eigenvalue weighted by molar-refractivity contribution is 0.154. The fourth-order valence-electron chi connectivity index (χ4n) is 1.74. The van der Waals surface area contributed by atoms with Crippen molar-refractivity contribution in [2.75, 3.05) is 31.7 Å². The second-order valence-electron chi connectivity index (χ2n) is 4.36. The molecular formula is C12H20N2O2S. The van der Waals surface area contributed by atoms with Gasteiger partial charge in [0.2, 0.25) is 0 Å². The molecule has 0 bridgehead atoms. The summed E-state index contributed by atoms with van der Waals surface area (Å²) in [4.78, 5) is 7.79. The Morgan fingerprint density at radius 1 is 1.53 bits per heavy atom. The fraction of sp³-hybridized carbons (Fsp3) is 0.750. The predicted octanol–water partition coefficient (Wildman–Crippen LogP) is 1.99. The minimum atomic E-state index is 0.114. The molecule has 17 heavy (non-hydrogen) atoms. The van der Waals surface area contributed by atoms with Gasteiger partial charge in [0.25, 0.3) is 0 Å². The quantitative estimate of drug-likeness (QED) is 0.758. The SMILES string of the molecule is CCOCCN(C)c1nc(C2CC2)c(CO)s1. The summed E-state index contributed by atoms with van der Waals surface area (Å²) in [5.74, 6) is 0.599. The summed E-state index contributed by atoms with van der Waals surface area (Å²) in [5, 5.41) is 10.3. The van der Waals surface area contributed by atoms with Crippen LogP contribution in [0.15, 0.2) is 0 Å². The minimum absolute atomic E-state index is 0.114. The van der Waals surface area contributed by atoms with Gasteiger partial charge < -0.3 is 14.7 Å². The van der Waals surface area contributed by atoms with Crippen LogP contribution in [0.3, 0.4) is 0 Å². The number of rotatable bonds is 7. The Labute approximate surface area is 106 Å². The van der Waals surface area contributed by atoms with Crippen LogP contribution < -0.4 is 4.90 Å². The predicted molar refractivity (Wildman–Crippen MR) is 69.8 cm³/mol. The summed E-state index contributed by atoms with van der Waals surface area (Å²) in [7, 11) is 2.02. The number of aliphatic hydroxyl groups is 1. The molecule has 0 aromatic carbocycles. The van der Waals surface area contributed by atoms with Crippen molar-refractivity contribution in [2.45, 2.75) is 32.3 Å². The van der Waals surface area contributed by atoms with Gasteiger partial charge in [-0.1, -0.05) is 11.3 Å².